The van der Waals surface area contributed by atoms with Gasteiger partial charge >= 0.3 is 0 Å². The van der Waals surface area contributed by atoms with E-state index in [4.69, 9.17) is 4.74 Å². The Labute approximate surface area is 160 Å². The number of hydrogen-bond acceptors (Lipinski definition) is 6. The molecule has 25 heavy (non-hydrogen) atoms. The van der Waals surface area contributed by atoms with Gasteiger partial charge in [-0.2, -0.15) is 0 Å². The zero-order valence-corrected chi connectivity index (χ0v) is 16.3. The smallest absolute Gasteiger partial charge is 0.175 e. The lowest BCUT2D eigenvalue weighted by Crippen LogP contribution is -2.21. The second-order valence-corrected chi connectivity index (χ2v) is 9.53. The first-order chi connectivity index (χ1) is 12.4. The topological polar surface area (TPSA) is 35.0 Å². The molecule has 0 spiro atoms. The van der Waals surface area contributed by atoms with Gasteiger partial charge in [-0.05, 0) is 35.6 Å². The number of hydrogen-bond donors (Lipinski definition) is 0. The first-order valence-electron chi connectivity index (χ1n) is 8.56. The third-order valence-electron chi connectivity index (χ3n) is 4.29. The molecule has 130 valence electrons. The van der Waals surface area contributed by atoms with Crippen LogP contribution in [-0.4, -0.2) is 28.7 Å². The van der Waals surface area contributed by atoms with Crippen molar-refractivity contribution in [2.45, 2.75) is 39.8 Å². The van der Waals surface area contributed by atoms with E-state index in [9.17, 15) is 0 Å². The van der Waals surface area contributed by atoms with Crippen molar-refractivity contribution >= 4 is 45.6 Å². The first-order valence-corrected chi connectivity index (χ1v) is 11.3. The Hall–Kier alpha value is -1.08. The lowest BCUT2D eigenvalue weighted by molar-refractivity contribution is 0.0315. The minimum atomic E-state index is 0.384. The van der Waals surface area contributed by atoms with Crippen LogP contribution in [0.1, 0.15) is 24.8 Å². The lowest BCUT2D eigenvalue weighted by atomic mass is 10.1. The molecule has 0 saturated carbocycles. The van der Waals surface area contributed by atoms with Gasteiger partial charge in [0, 0.05) is 18.1 Å². The number of rotatable bonds is 6. The molecule has 0 amide bonds. The summed E-state index contributed by atoms with van der Waals surface area (Å²) in [5.74, 6) is 1.91. The van der Waals surface area contributed by atoms with Gasteiger partial charge in [0.15, 0.2) is 8.68 Å². The van der Waals surface area contributed by atoms with Gasteiger partial charge in [-0.3, -0.25) is 0 Å². The van der Waals surface area contributed by atoms with E-state index in [0.29, 0.717) is 6.10 Å². The van der Waals surface area contributed by atoms with Crippen LogP contribution < -0.4 is 0 Å². The second-order valence-electron chi connectivity index (χ2n) is 6.06. The van der Waals surface area contributed by atoms with E-state index in [0.717, 1.165) is 26.8 Å². The maximum atomic E-state index is 5.78. The molecule has 2 heterocycles. The quantitative estimate of drug-likeness (QED) is 0.510. The molecule has 1 atom stereocenters. The maximum Gasteiger partial charge on any atom is 0.175 e. The summed E-state index contributed by atoms with van der Waals surface area (Å²) in [5.41, 5.74) is 1.35. The van der Waals surface area contributed by atoms with Gasteiger partial charge in [0.05, 0.1) is 6.10 Å². The zero-order chi connectivity index (χ0) is 16.9. The summed E-state index contributed by atoms with van der Waals surface area (Å²) in [6, 6.07) is 15.0. The van der Waals surface area contributed by atoms with Crippen molar-refractivity contribution in [1.29, 1.82) is 0 Å². The molecule has 1 unspecified atom stereocenters. The summed E-state index contributed by atoms with van der Waals surface area (Å²) in [5, 5.41) is 11.3. The molecule has 0 N–H and O–H groups in total. The fraction of sp³-hybridized carbons (Fsp3) is 0.368. The number of thioether (sulfide) groups is 2. The van der Waals surface area contributed by atoms with Crippen molar-refractivity contribution in [2.75, 3.05) is 12.4 Å². The van der Waals surface area contributed by atoms with Crippen LogP contribution in [0.25, 0.3) is 10.8 Å². The van der Waals surface area contributed by atoms with Gasteiger partial charge in [0.2, 0.25) is 0 Å². The molecule has 3 aromatic rings. The average Bonchev–Trinajstić information content (AvgIpc) is 3.13. The fourth-order valence-corrected chi connectivity index (χ4v) is 6.09. The van der Waals surface area contributed by atoms with E-state index in [-0.39, 0.29) is 0 Å². The zero-order valence-electron chi connectivity index (χ0n) is 13.9. The van der Waals surface area contributed by atoms with Crippen molar-refractivity contribution in [3.63, 3.8) is 0 Å². The van der Waals surface area contributed by atoms with Gasteiger partial charge in [-0.15, -0.1) is 10.2 Å². The monoisotopic (exact) mass is 388 g/mol. The number of aromatic nitrogens is 2. The first kappa shape index (κ1) is 17.3. The number of fused-ring (bicyclic) bond motifs is 1. The van der Waals surface area contributed by atoms with Gasteiger partial charge in [-0.25, -0.2) is 0 Å². The highest BCUT2D eigenvalue weighted by Crippen LogP contribution is 2.33. The van der Waals surface area contributed by atoms with Crippen molar-refractivity contribution in [2.24, 2.45) is 0 Å². The largest absolute Gasteiger partial charge is 0.377 e. The number of nitrogens with zero attached hydrogens (tertiary/aromatic N) is 2. The summed E-state index contributed by atoms with van der Waals surface area (Å²) in [7, 11) is 0. The van der Waals surface area contributed by atoms with E-state index >= 15 is 0 Å². The molecule has 0 radical (unpaired) electrons. The van der Waals surface area contributed by atoms with Crippen LogP contribution in [0.2, 0.25) is 0 Å². The Bertz CT molecular complexity index is 825. The summed E-state index contributed by atoms with van der Waals surface area (Å²) in [6.45, 7) is 0.910. The predicted molar refractivity (Wildman–Crippen MR) is 108 cm³/mol. The molecule has 1 aliphatic heterocycles. The van der Waals surface area contributed by atoms with Crippen molar-refractivity contribution < 1.29 is 4.74 Å². The molecular formula is C19H20N2OS3. The van der Waals surface area contributed by atoms with Gasteiger partial charge in [-0.1, -0.05) is 77.3 Å². The lowest BCUT2D eigenvalue weighted by Gasteiger charge is -2.21. The van der Waals surface area contributed by atoms with E-state index in [2.05, 4.69) is 52.7 Å². The maximum absolute atomic E-state index is 5.78. The van der Waals surface area contributed by atoms with Crippen LogP contribution in [0.15, 0.2) is 51.1 Å². The molecule has 1 aliphatic rings. The van der Waals surface area contributed by atoms with Gasteiger partial charge < -0.3 is 4.74 Å². The van der Waals surface area contributed by atoms with E-state index in [1.807, 2.05) is 0 Å². The molecule has 6 heteroatoms. The van der Waals surface area contributed by atoms with Crippen LogP contribution in [-0.2, 0) is 10.5 Å². The normalized spacial score (nSPS) is 17.8. The average molecular weight is 389 g/mol. The summed E-state index contributed by atoms with van der Waals surface area (Å²) in [6.07, 6.45) is 4.05. The Morgan fingerprint density at radius 2 is 1.84 bits per heavy atom. The summed E-state index contributed by atoms with van der Waals surface area (Å²) >= 11 is 5.24. The van der Waals surface area contributed by atoms with Gasteiger partial charge in [0.25, 0.3) is 0 Å². The molecule has 3 nitrogen and oxygen atoms in total. The molecule has 1 fully saturated rings. The number of ether oxygens (including phenoxy) is 1. The van der Waals surface area contributed by atoms with Crippen LogP contribution in [0.5, 0.6) is 0 Å². The fourth-order valence-electron chi connectivity index (χ4n) is 2.97. The van der Waals surface area contributed by atoms with Crippen LogP contribution in [0.4, 0.5) is 0 Å². The predicted octanol–water partition coefficient (Wildman–Crippen LogP) is 5.64. The Morgan fingerprint density at radius 3 is 2.72 bits per heavy atom. The van der Waals surface area contributed by atoms with Crippen molar-refractivity contribution in [3.05, 3.63) is 48.0 Å². The highest BCUT2D eigenvalue weighted by molar-refractivity contribution is 8.02. The highest BCUT2D eigenvalue weighted by Gasteiger charge is 2.15. The minimum absolute atomic E-state index is 0.384. The SMILES string of the molecule is c1ccc2c(CSc3nnc(SCC4CCCCO4)s3)cccc2c1. The van der Waals surface area contributed by atoms with Crippen molar-refractivity contribution in [3.8, 4) is 0 Å². The van der Waals surface area contributed by atoms with Crippen LogP contribution in [0, 0.1) is 0 Å². The van der Waals surface area contributed by atoms with E-state index in [1.54, 1.807) is 34.9 Å². The molecule has 2 aromatic carbocycles. The highest BCUT2D eigenvalue weighted by atomic mass is 32.2. The second kappa shape index (κ2) is 8.54. The minimum Gasteiger partial charge on any atom is -0.377 e. The molecular weight excluding hydrogens is 368 g/mol. The molecule has 4 rings (SSSR count). The third-order valence-corrected chi connectivity index (χ3v) is 7.66. The van der Waals surface area contributed by atoms with E-state index < -0.39 is 0 Å². The third kappa shape index (κ3) is 4.56. The van der Waals surface area contributed by atoms with Crippen molar-refractivity contribution in [1.82, 2.24) is 10.2 Å². The standard InChI is InChI=1S/C19H20N2OS3/c1-2-10-17-14(6-1)7-5-8-15(17)12-23-18-20-21-19(25-18)24-13-16-9-3-4-11-22-16/h1-2,5-8,10,16H,3-4,9,11-13H2. The molecule has 1 aromatic heterocycles. The van der Waals surface area contributed by atoms with Gasteiger partial charge in [0.1, 0.15) is 0 Å². The molecule has 1 saturated heterocycles. The molecule has 0 aliphatic carbocycles. The summed E-state index contributed by atoms with van der Waals surface area (Å²) in [4.78, 5) is 0. The van der Waals surface area contributed by atoms with Crippen LogP contribution >= 0.6 is 34.9 Å². The Kier molecular flexibility index (Phi) is 5.92. The Morgan fingerprint density at radius 1 is 1.00 bits per heavy atom. The number of benzene rings is 2. The Balaban J connectivity index is 1.34. The summed E-state index contributed by atoms with van der Waals surface area (Å²) < 4.78 is 7.88. The molecule has 0 bridgehead atoms. The van der Waals surface area contributed by atoms with E-state index in [1.165, 1.54) is 35.6 Å². The van der Waals surface area contributed by atoms with Crippen LogP contribution in [0.3, 0.4) is 0 Å².